The van der Waals surface area contributed by atoms with Crippen molar-refractivity contribution in [2.45, 2.75) is 0 Å². The van der Waals surface area contributed by atoms with Gasteiger partial charge in [0.05, 0.1) is 10.6 Å². The Morgan fingerprint density at radius 2 is 1.62 bits per heavy atom. The second-order valence-corrected chi connectivity index (χ2v) is 5.97. The third-order valence-electron chi connectivity index (χ3n) is 3.33. The quantitative estimate of drug-likeness (QED) is 0.538. The van der Waals surface area contributed by atoms with Gasteiger partial charge >= 0.3 is 0 Å². The molecule has 0 bridgehead atoms. The Kier molecular flexibility index (Phi) is 5.32. The molecule has 0 unspecified atom stereocenters. The molecule has 3 rings (SSSR count). The van der Waals surface area contributed by atoms with Gasteiger partial charge in [-0.25, -0.2) is 5.43 Å². The van der Waals surface area contributed by atoms with Crippen molar-refractivity contribution in [2.75, 3.05) is 0 Å². The van der Waals surface area contributed by atoms with E-state index in [0.29, 0.717) is 10.6 Å². The van der Waals surface area contributed by atoms with Crippen molar-refractivity contribution < 1.29 is 4.79 Å². The number of thiophene rings is 1. The molecule has 3 aromatic rings. The monoisotopic (exact) mass is 332 g/mol. The van der Waals surface area contributed by atoms with Gasteiger partial charge in [0.1, 0.15) is 0 Å². The fraction of sp³-hybridized carbons (Fsp3) is 0. The number of amides is 1. The van der Waals surface area contributed by atoms with E-state index in [1.165, 1.54) is 11.3 Å². The van der Waals surface area contributed by atoms with Crippen LogP contribution >= 0.6 is 11.3 Å². The molecule has 1 heterocycles. The SMILES string of the molecule is O=C(N/N=C(/C=C/c1ccccc1)c1ccccc1)c1cccs1. The molecule has 0 aliphatic heterocycles. The molecule has 2 aromatic carbocycles. The van der Waals surface area contributed by atoms with Crippen molar-refractivity contribution >= 4 is 29.0 Å². The molecular formula is C20H16N2OS. The molecule has 0 spiro atoms. The van der Waals surface area contributed by atoms with Gasteiger partial charge < -0.3 is 0 Å². The van der Waals surface area contributed by atoms with Crippen molar-refractivity contribution in [3.63, 3.8) is 0 Å². The minimum atomic E-state index is -0.202. The lowest BCUT2D eigenvalue weighted by Crippen LogP contribution is -2.18. The highest BCUT2D eigenvalue weighted by atomic mass is 32.1. The van der Waals surface area contributed by atoms with Crippen LogP contribution in [0.1, 0.15) is 20.8 Å². The molecule has 0 aliphatic rings. The predicted molar refractivity (Wildman–Crippen MR) is 100 cm³/mol. The zero-order valence-electron chi connectivity index (χ0n) is 12.9. The van der Waals surface area contributed by atoms with Crippen molar-refractivity contribution in [1.29, 1.82) is 0 Å². The fourth-order valence-corrected chi connectivity index (χ4v) is 2.73. The number of benzene rings is 2. The smallest absolute Gasteiger partial charge is 0.266 e. The van der Waals surface area contributed by atoms with Crippen LogP contribution in [0.3, 0.4) is 0 Å². The van der Waals surface area contributed by atoms with Crippen LogP contribution in [0.15, 0.2) is 89.4 Å². The van der Waals surface area contributed by atoms with Crippen LogP contribution in [-0.4, -0.2) is 11.6 Å². The van der Waals surface area contributed by atoms with Crippen molar-refractivity contribution in [1.82, 2.24) is 5.43 Å². The number of hydrazone groups is 1. The largest absolute Gasteiger partial charge is 0.281 e. The molecule has 0 fully saturated rings. The molecule has 0 atom stereocenters. The summed E-state index contributed by atoms with van der Waals surface area (Å²) < 4.78 is 0. The van der Waals surface area contributed by atoms with Gasteiger partial charge in [0.25, 0.3) is 5.91 Å². The number of hydrogen-bond acceptors (Lipinski definition) is 3. The van der Waals surface area contributed by atoms with Gasteiger partial charge in [-0.2, -0.15) is 5.10 Å². The number of rotatable bonds is 5. The van der Waals surface area contributed by atoms with Gasteiger partial charge in [-0.15, -0.1) is 11.3 Å². The first-order chi connectivity index (χ1) is 11.8. The average molecular weight is 332 g/mol. The zero-order chi connectivity index (χ0) is 16.6. The topological polar surface area (TPSA) is 41.5 Å². The van der Waals surface area contributed by atoms with E-state index in [9.17, 15) is 4.79 Å². The summed E-state index contributed by atoms with van der Waals surface area (Å²) in [6.45, 7) is 0. The first kappa shape index (κ1) is 15.9. The molecule has 0 saturated carbocycles. The predicted octanol–water partition coefficient (Wildman–Crippen LogP) is 4.60. The van der Waals surface area contributed by atoms with Crippen LogP contribution in [0, 0.1) is 0 Å². The summed E-state index contributed by atoms with van der Waals surface area (Å²) in [6.07, 6.45) is 3.88. The van der Waals surface area contributed by atoms with Crippen LogP contribution in [0.4, 0.5) is 0 Å². The second-order valence-electron chi connectivity index (χ2n) is 5.03. The summed E-state index contributed by atoms with van der Waals surface area (Å²) in [7, 11) is 0. The lowest BCUT2D eigenvalue weighted by molar-refractivity contribution is 0.0959. The molecule has 1 N–H and O–H groups in total. The molecular weight excluding hydrogens is 316 g/mol. The Balaban J connectivity index is 1.83. The van der Waals surface area contributed by atoms with Gasteiger partial charge in [0.2, 0.25) is 0 Å². The number of carbonyl (C=O) groups is 1. The number of carbonyl (C=O) groups excluding carboxylic acids is 1. The van der Waals surface area contributed by atoms with Crippen LogP contribution in [0.2, 0.25) is 0 Å². The van der Waals surface area contributed by atoms with Gasteiger partial charge in [-0.3, -0.25) is 4.79 Å². The molecule has 4 heteroatoms. The molecule has 118 valence electrons. The molecule has 0 aliphatic carbocycles. The first-order valence-corrected chi connectivity index (χ1v) is 8.41. The standard InChI is InChI=1S/C20H16N2OS/c23-20(19-12-7-15-24-19)22-21-18(17-10-5-2-6-11-17)14-13-16-8-3-1-4-9-16/h1-15H,(H,22,23)/b14-13+,21-18-. The van der Waals surface area contributed by atoms with Crippen molar-refractivity contribution in [3.8, 4) is 0 Å². The summed E-state index contributed by atoms with van der Waals surface area (Å²) in [5, 5.41) is 6.17. The minimum absolute atomic E-state index is 0.202. The number of nitrogens with one attached hydrogen (secondary N) is 1. The van der Waals surface area contributed by atoms with Gasteiger partial charge in [-0.1, -0.05) is 72.8 Å². The molecule has 0 saturated heterocycles. The third-order valence-corrected chi connectivity index (χ3v) is 4.19. The highest BCUT2D eigenvalue weighted by Crippen LogP contribution is 2.09. The Bertz CT molecular complexity index is 838. The molecule has 1 aromatic heterocycles. The van der Waals surface area contributed by atoms with E-state index in [1.54, 1.807) is 6.07 Å². The maximum atomic E-state index is 12.1. The van der Waals surface area contributed by atoms with E-state index in [2.05, 4.69) is 10.5 Å². The van der Waals surface area contributed by atoms with Gasteiger partial charge in [-0.05, 0) is 23.1 Å². The van der Waals surface area contributed by atoms with Gasteiger partial charge in [0.15, 0.2) is 0 Å². The molecule has 1 amide bonds. The van der Waals surface area contributed by atoms with E-state index in [0.717, 1.165) is 11.1 Å². The zero-order valence-corrected chi connectivity index (χ0v) is 13.7. The maximum Gasteiger partial charge on any atom is 0.281 e. The highest BCUT2D eigenvalue weighted by molar-refractivity contribution is 7.12. The summed E-state index contributed by atoms with van der Waals surface area (Å²) in [6, 6.07) is 23.4. The van der Waals surface area contributed by atoms with E-state index in [4.69, 9.17) is 0 Å². The molecule has 3 nitrogen and oxygen atoms in total. The molecule has 0 radical (unpaired) electrons. The van der Waals surface area contributed by atoms with Crippen molar-refractivity contribution in [2.24, 2.45) is 5.10 Å². The maximum absolute atomic E-state index is 12.1. The summed E-state index contributed by atoms with van der Waals surface area (Å²) in [5.41, 5.74) is 5.34. The lowest BCUT2D eigenvalue weighted by atomic mass is 10.1. The summed E-state index contributed by atoms with van der Waals surface area (Å²) in [4.78, 5) is 12.7. The van der Waals surface area contributed by atoms with Crippen LogP contribution in [0.25, 0.3) is 6.08 Å². The van der Waals surface area contributed by atoms with E-state index >= 15 is 0 Å². The first-order valence-electron chi connectivity index (χ1n) is 7.53. The van der Waals surface area contributed by atoms with Crippen LogP contribution in [-0.2, 0) is 0 Å². The van der Waals surface area contributed by atoms with Crippen molar-refractivity contribution in [3.05, 3.63) is 100 Å². The average Bonchev–Trinajstić information content (AvgIpc) is 3.18. The lowest BCUT2D eigenvalue weighted by Gasteiger charge is -2.03. The fourth-order valence-electron chi connectivity index (χ4n) is 2.12. The number of allylic oxidation sites excluding steroid dienone is 1. The number of hydrogen-bond donors (Lipinski definition) is 1. The Labute approximate surface area is 145 Å². The van der Waals surface area contributed by atoms with E-state index < -0.39 is 0 Å². The second kappa shape index (κ2) is 8.04. The Morgan fingerprint density at radius 3 is 2.29 bits per heavy atom. The molecule has 24 heavy (non-hydrogen) atoms. The van der Waals surface area contributed by atoms with Crippen LogP contribution in [0.5, 0.6) is 0 Å². The normalized spacial score (nSPS) is 11.6. The summed E-state index contributed by atoms with van der Waals surface area (Å²) in [5.74, 6) is -0.202. The summed E-state index contributed by atoms with van der Waals surface area (Å²) >= 11 is 1.39. The van der Waals surface area contributed by atoms with Gasteiger partial charge in [0, 0.05) is 5.56 Å². The highest BCUT2D eigenvalue weighted by Gasteiger charge is 2.06. The van der Waals surface area contributed by atoms with Crippen LogP contribution < -0.4 is 5.43 Å². The minimum Gasteiger partial charge on any atom is -0.266 e. The van der Waals surface area contributed by atoms with E-state index in [1.807, 2.05) is 84.3 Å². The third kappa shape index (κ3) is 4.27. The Morgan fingerprint density at radius 1 is 0.917 bits per heavy atom. The van der Waals surface area contributed by atoms with E-state index in [-0.39, 0.29) is 5.91 Å². The number of nitrogens with zero attached hydrogens (tertiary/aromatic N) is 1. The Hall–Kier alpha value is -2.98.